The Labute approximate surface area is 155 Å². The van der Waals surface area contributed by atoms with Crippen molar-refractivity contribution in [2.45, 2.75) is 44.9 Å². The maximum atomic E-state index is 12.2. The molecule has 1 aliphatic rings. The Hall–Kier alpha value is -2.24. The summed E-state index contributed by atoms with van der Waals surface area (Å²) in [5.74, 6) is 1.66. The van der Waals surface area contributed by atoms with Crippen molar-refractivity contribution in [1.82, 2.24) is 10.6 Å². The first-order chi connectivity index (χ1) is 12.6. The molecule has 1 aliphatic carbocycles. The van der Waals surface area contributed by atoms with Gasteiger partial charge in [0.25, 0.3) is 5.91 Å². The number of carbonyl (C=O) groups excluding carboxylic acids is 2. The fourth-order valence-electron chi connectivity index (χ4n) is 3.36. The molecule has 1 aromatic carbocycles. The summed E-state index contributed by atoms with van der Waals surface area (Å²) in [7, 11) is 3.08. The van der Waals surface area contributed by atoms with Crippen LogP contribution in [-0.4, -0.2) is 39.1 Å². The van der Waals surface area contributed by atoms with Gasteiger partial charge >= 0.3 is 0 Å². The first-order valence-corrected chi connectivity index (χ1v) is 9.41. The highest BCUT2D eigenvalue weighted by Crippen LogP contribution is 2.28. The molecular formula is C20H30N2O4. The molecule has 0 unspecified atom stereocenters. The van der Waals surface area contributed by atoms with Gasteiger partial charge in [0, 0.05) is 25.1 Å². The smallest absolute Gasteiger partial charge is 0.251 e. The topological polar surface area (TPSA) is 76.7 Å². The fourth-order valence-corrected chi connectivity index (χ4v) is 3.36. The Morgan fingerprint density at radius 2 is 1.69 bits per heavy atom. The van der Waals surface area contributed by atoms with Gasteiger partial charge in [-0.1, -0.05) is 32.1 Å². The predicted octanol–water partition coefficient (Wildman–Crippen LogP) is 2.91. The van der Waals surface area contributed by atoms with Gasteiger partial charge in [-0.15, -0.1) is 0 Å². The van der Waals surface area contributed by atoms with Gasteiger partial charge in [-0.05, 0) is 30.5 Å². The molecule has 0 atom stereocenters. The minimum absolute atomic E-state index is 0.0657. The monoisotopic (exact) mass is 362 g/mol. The lowest BCUT2D eigenvalue weighted by Gasteiger charge is -2.21. The number of carbonyl (C=O) groups is 2. The number of methoxy groups -OCH3 is 2. The zero-order valence-electron chi connectivity index (χ0n) is 15.8. The molecule has 0 aromatic heterocycles. The molecule has 2 rings (SSSR count). The van der Waals surface area contributed by atoms with Crippen LogP contribution in [0.1, 0.15) is 55.3 Å². The lowest BCUT2D eigenvalue weighted by atomic mass is 9.86. The minimum atomic E-state index is -0.206. The number of nitrogens with one attached hydrogen (secondary N) is 2. The van der Waals surface area contributed by atoms with Gasteiger partial charge in [-0.25, -0.2) is 0 Å². The summed E-state index contributed by atoms with van der Waals surface area (Å²) in [6.07, 6.45) is 8.01. The molecule has 0 saturated heterocycles. The summed E-state index contributed by atoms with van der Waals surface area (Å²) in [6, 6.07) is 5.01. The van der Waals surface area contributed by atoms with E-state index in [1.54, 1.807) is 25.3 Å². The zero-order valence-corrected chi connectivity index (χ0v) is 15.8. The van der Waals surface area contributed by atoms with Crippen molar-refractivity contribution in [3.8, 4) is 11.5 Å². The number of ether oxygens (including phenoxy) is 2. The summed E-state index contributed by atoms with van der Waals surface area (Å²) in [4.78, 5) is 24.1. The van der Waals surface area contributed by atoms with Crippen molar-refractivity contribution in [3.63, 3.8) is 0 Å². The molecule has 144 valence electrons. The van der Waals surface area contributed by atoms with Crippen LogP contribution in [0.25, 0.3) is 0 Å². The molecule has 2 N–H and O–H groups in total. The summed E-state index contributed by atoms with van der Waals surface area (Å²) < 4.78 is 10.4. The molecule has 0 spiro atoms. The number of hydrogen-bond donors (Lipinski definition) is 2. The molecule has 0 bridgehead atoms. The summed E-state index contributed by atoms with van der Waals surface area (Å²) >= 11 is 0. The Morgan fingerprint density at radius 3 is 2.38 bits per heavy atom. The highest BCUT2D eigenvalue weighted by molar-refractivity contribution is 5.94. The Bertz CT molecular complexity index is 597. The zero-order chi connectivity index (χ0) is 18.8. The van der Waals surface area contributed by atoms with Gasteiger partial charge < -0.3 is 20.1 Å². The molecule has 0 radical (unpaired) electrons. The maximum Gasteiger partial charge on any atom is 0.251 e. The van der Waals surface area contributed by atoms with Gasteiger partial charge in [0.1, 0.15) is 0 Å². The summed E-state index contributed by atoms with van der Waals surface area (Å²) in [5.41, 5.74) is 0.492. The first kappa shape index (κ1) is 20.1. The largest absolute Gasteiger partial charge is 0.493 e. The van der Waals surface area contributed by atoms with Gasteiger partial charge in [-0.2, -0.15) is 0 Å². The van der Waals surface area contributed by atoms with Gasteiger partial charge in [0.05, 0.1) is 14.2 Å². The molecule has 1 saturated carbocycles. The van der Waals surface area contributed by atoms with Crippen molar-refractivity contribution in [2.75, 3.05) is 27.3 Å². The van der Waals surface area contributed by atoms with Crippen molar-refractivity contribution >= 4 is 11.8 Å². The molecule has 2 amide bonds. The van der Waals surface area contributed by atoms with E-state index in [2.05, 4.69) is 10.6 Å². The number of hydrogen-bond acceptors (Lipinski definition) is 4. The van der Waals surface area contributed by atoms with Gasteiger partial charge in [-0.3, -0.25) is 9.59 Å². The van der Waals surface area contributed by atoms with E-state index in [9.17, 15) is 9.59 Å². The molecule has 6 nitrogen and oxygen atoms in total. The van der Waals surface area contributed by atoms with Crippen LogP contribution in [0.3, 0.4) is 0 Å². The predicted molar refractivity (Wildman–Crippen MR) is 101 cm³/mol. The van der Waals surface area contributed by atoms with Gasteiger partial charge in [0.2, 0.25) is 5.91 Å². The number of rotatable bonds is 9. The highest BCUT2D eigenvalue weighted by atomic mass is 16.5. The van der Waals surface area contributed by atoms with Gasteiger partial charge in [0.15, 0.2) is 11.5 Å². The lowest BCUT2D eigenvalue weighted by Crippen LogP contribution is -2.34. The summed E-state index contributed by atoms with van der Waals surface area (Å²) in [5, 5.41) is 5.67. The van der Waals surface area contributed by atoms with Crippen molar-refractivity contribution in [2.24, 2.45) is 5.92 Å². The van der Waals surface area contributed by atoms with E-state index < -0.39 is 0 Å². The van der Waals surface area contributed by atoms with Crippen molar-refractivity contribution < 1.29 is 19.1 Å². The Balaban J connectivity index is 1.65. The molecular weight excluding hydrogens is 332 g/mol. The van der Waals surface area contributed by atoms with Crippen LogP contribution in [0.5, 0.6) is 11.5 Å². The van der Waals surface area contributed by atoms with E-state index in [4.69, 9.17) is 9.47 Å². The number of benzene rings is 1. The molecule has 1 fully saturated rings. The molecule has 0 aliphatic heterocycles. The molecule has 6 heteroatoms. The van der Waals surface area contributed by atoms with Crippen LogP contribution >= 0.6 is 0 Å². The third-order valence-electron chi connectivity index (χ3n) is 4.88. The minimum Gasteiger partial charge on any atom is -0.493 e. The second-order valence-electron chi connectivity index (χ2n) is 6.72. The Kier molecular flexibility index (Phi) is 8.25. The normalized spacial score (nSPS) is 14.5. The fraction of sp³-hybridized carbons (Fsp3) is 0.600. The third-order valence-corrected chi connectivity index (χ3v) is 4.88. The second kappa shape index (κ2) is 10.7. The molecule has 26 heavy (non-hydrogen) atoms. The lowest BCUT2D eigenvalue weighted by molar-refractivity contribution is -0.121. The van der Waals surface area contributed by atoms with Crippen LogP contribution in [-0.2, 0) is 4.79 Å². The van der Waals surface area contributed by atoms with E-state index in [0.29, 0.717) is 42.5 Å². The van der Waals surface area contributed by atoms with Crippen LogP contribution in [0.2, 0.25) is 0 Å². The maximum absolute atomic E-state index is 12.2. The van der Waals surface area contributed by atoms with Crippen LogP contribution in [0.4, 0.5) is 0 Å². The number of amides is 2. The standard InChI is InChI=1S/C20H30N2O4/c1-25-17-10-9-16(14-18(17)26-2)20(24)22-13-12-21-19(23)11-8-15-6-4-3-5-7-15/h9-10,14-15H,3-8,11-13H2,1-2H3,(H,21,23)(H,22,24). The van der Waals surface area contributed by atoms with Crippen LogP contribution in [0, 0.1) is 5.92 Å². The average molecular weight is 362 g/mol. The molecule has 1 aromatic rings. The van der Waals surface area contributed by atoms with Crippen LogP contribution < -0.4 is 20.1 Å². The molecule has 0 heterocycles. The Morgan fingerprint density at radius 1 is 1.00 bits per heavy atom. The van der Waals surface area contributed by atoms with E-state index in [0.717, 1.165) is 6.42 Å². The van der Waals surface area contributed by atoms with Crippen molar-refractivity contribution in [1.29, 1.82) is 0 Å². The van der Waals surface area contributed by atoms with E-state index in [1.165, 1.54) is 39.2 Å². The quantitative estimate of drug-likeness (QED) is 0.662. The van der Waals surface area contributed by atoms with E-state index >= 15 is 0 Å². The van der Waals surface area contributed by atoms with Crippen LogP contribution in [0.15, 0.2) is 18.2 Å². The second-order valence-corrected chi connectivity index (χ2v) is 6.72. The SMILES string of the molecule is COc1ccc(C(=O)NCCNC(=O)CCC2CCCCC2)cc1OC. The average Bonchev–Trinajstić information content (AvgIpc) is 2.69. The third kappa shape index (κ3) is 6.24. The highest BCUT2D eigenvalue weighted by Gasteiger charge is 2.15. The summed E-state index contributed by atoms with van der Waals surface area (Å²) in [6.45, 7) is 0.824. The van der Waals surface area contributed by atoms with E-state index in [1.807, 2.05) is 0 Å². The van der Waals surface area contributed by atoms with Crippen molar-refractivity contribution in [3.05, 3.63) is 23.8 Å². The van der Waals surface area contributed by atoms with E-state index in [-0.39, 0.29) is 11.8 Å². The first-order valence-electron chi connectivity index (χ1n) is 9.41.